The second kappa shape index (κ2) is 4.82. The monoisotopic (exact) mass is 230 g/mol. The molecule has 4 heteroatoms. The number of aromatic nitrogens is 1. The highest BCUT2D eigenvalue weighted by molar-refractivity contribution is 5.94. The SMILES string of the molecule is CCOc1ccnc2ccc(NC(C)=O)cc12. The molecule has 0 aliphatic rings. The number of anilines is 1. The van der Waals surface area contributed by atoms with E-state index in [4.69, 9.17) is 4.74 Å². The number of nitrogens with one attached hydrogen (secondary N) is 1. The van der Waals surface area contributed by atoms with Crippen LogP contribution in [0.4, 0.5) is 5.69 Å². The van der Waals surface area contributed by atoms with Crippen molar-refractivity contribution in [3.8, 4) is 5.75 Å². The normalized spacial score (nSPS) is 10.2. The van der Waals surface area contributed by atoms with Crippen LogP contribution < -0.4 is 10.1 Å². The van der Waals surface area contributed by atoms with Gasteiger partial charge in [-0.2, -0.15) is 0 Å². The van der Waals surface area contributed by atoms with Gasteiger partial charge in [-0.05, 0) is 31.2 Å². The van der Waals surface area contributed by atoms with E-state index >= 15 is 0 Å². The molecule has 17 heavy (non-hydrogen) atoms. The van der Waals surface area contributed by atoms with Gasteiger partial charge in [0.25, 0.3) is 0 Å². The van der Waals surface area contributed by atoms with Crippen molar-refractivity contribution in [1.29, 1.82) is 0 Å². The molecule has 2 aromatic rings. The van der Waals surface area contributed by atoms with Crippen LogP contribution in [0.2, 0.25) is 0 Å². The van der Waals surface area contributed by atoms with E-state index in [0.717, 1.165) is 22.3 Å². The summed E-state index contributed by atoms with van der Waals surface area (Å²) in [6.45, 7) is 4.02. The molecule has 0 saturated carbocycles. The molecule has 2 rings (SSSR count). The van der Waals surface area contributed by atoms with E-state index in [1.807, 2.05) is 31.2 Å². The number of amides is 1. The molecule has 0 aliphatic heterocycles. The standard InChI is InChI=1S/C13H14N2O2/c1-3-17-13-6-7-14-12-5-4-10(8-11(12)13)15-9(2)16/h4-8H,3H2,1-2H3,(H,15,16). The molecular weight excluding hydrogens is 216 g/mol. The molecule has 4 nitrogen and oxygen atoms in total. The second-order valence-corrected chi connectivity index (χ2v) is 3.66. The second-order valence-electron chi connectivity index (χ2n) is 3.66. The van der Waals surface area contributed by atoms with Crippen LogP contribution in [0.3, 0.4) is 0 Å². The fourth-order valence-electron chi connectivity index (χ4n) is 1.68. The topological polar surface area (TPSA) is 51.2 Å². The molecule has 0 bridgehead atoms. The number of hydrogen-bond donors (Lipinski definition) is 1. The Morgan fingerprint density at radius 1 is 1.41 bits per heavy atom. The summed E-state index contributed by atoms with van der Waals surface area (Å²) in [5.41, 5.74) is 1.60. The third-order valence-corrected chi connectivity index (χ3v) is 2.32. The van der Waals surface area contributed by atoms with Crippen LogP contribution in [0.25, 0.3) is 10.9 Å². The Balaban J connectivity index is 2.49. The van der Waals surface area contributed by atoms with Crippen LogP contribution >= 0.6 is 0 Å². The van der Waals surface area contributed by atoms with Gasteiger partial charge in [0, 0.05) is 24.2 Å². The molecule has 1 aromatic carbocycles. The smallest absolute Gasteiger partial charge is 0.221 e. The quantitative estimate of drug-likeness (QED) is 0.881. The molecule has 0 unspecified atom stereocenters. The first kappa shape index (κ1) is 11.4. The molecule has 0 aliphatic carbocycles. The predicted molar refractivity (Wildman–Crippen MR) is 67.2 cm³/mol. The predicted octanol–water partition coefficient (Wildman–Crippen LogP) is 2.59. The maximum Gasteiger partial charge on any atom is 0.221 e. The van der Waals surface area contributed by atoms with E-state index in [9.17, 15) is 4.79 Å². The van der Waals surface area contributed by atoms with E-state index in [-0.39, 0.29) is 5.91 Å². The Labute approximate surface area is 99.6 Å². The zero-order valence-electron chi connectivity index (χ0n) is 9.86. The highest BCUT2D eigenvalue weighted by Crippen LogP contribution is 2.26. The van der Waals surface area contributed by atoms with Gasteiger partial charge in [-0.3, -0.25) is 9.78 Å². The fraction of sp³-hybridized carbons (Fsp3) is 0.231. The van der Waals surface area contributed by atoms with Gasteiger partial charge in [-0.25, -0.2) is 0 Å². The van der Waals surface area contributed by atoms with Crippen LogP contribution in [-0.2, 0) is 4.79 Å². The summed E-state index contributed by atoms with van der Waals surface area (Å²) in [6.07, 6.45) is 1.71. The van der Waals surface area contributed by atoms with Crippen molar-refractivity contribution in [2.24, 2.45) is 0 Å². The number of rotatable bonds is 3. The minimum absolute atomic E-state index is 0.0915. The lowest BCUT2D eigenvalue weighted by Gasteiger charge is -2.08. The van der Waals surface area contributed by atoms with Crippen molar-refractivity contribution in [2.45, 2.75) is 13.8 Å². The Morgan fingerprint density at radius 2 is 2.24 bits per heavy atom. The van der Waals surface area contributed by atoms with E-state index in [1.165, 1.54) is 6.92 Å². The first-order chi connectivity index (χ1) is 8.20. The first-order valence-electron chi connectivity index (χ1n) is 5.50. The molecule has 0 fully saturated rings. The highest BCUT2D eigenvalue weighted by Gasteiger charge is 2.04. The van der Waals surface area contributed by atoms with Gasteiger partial charge in [-0.1, -0.05) is 0 Å². The number of fused-ring (bicyclic) bond motifs is 1. The average Bonchev–Trinajstić information content (AvgIpc) is 2.29. The van der Waals surface area contributed by atoms with Gasteiger partial charge >= 0.3 is 0 Å². The lowest BCUT2D eigenvalue weighted by atomic mass is 10.2. The molecule has 0 radical (unpaired) electrons. The Kier molecular flexibility index (Phi) is 3.23. The number of hydrogen-bond acceptors (Lipinski definition) is 3. The number of carbonyl (C=O) groups excluding carboxylic acids is 1. The van der Waals surface area contributed by atoms with Crippen molar-refractivity contribution in [3.05, 3.63) is 30.5 Å². The van der Waals surface area contributed by atoms with Crippen molar-refractivity contribution in [2.75, 3.05) is 11.9 Å². The van der Waals surface area contributed by atoms with Crippen molar-refractivity contribution in [3.63, 3.8) is 0 Å². The van der Waals surface area contributed by atoms with Gasteiger partial charge in [-0.15, -0.1) is 0 Å². The molecule has 1 heterocycles. The number of benzene rings is 1. The third kappa shape index (κ3) is 2.53. The van der Waals surface area contributed by atoms with Crippen molar-refractivity contribution >= 4 is 22.5 Å². The summed E-state index contributed by atoms with van der Waals surface area (Å²) in [5, 5.41) is 3.65. The van der Waals surface area contributed by atoms with Gasteiger partial charge in [0.15, 0.2) is 0 Å². The lowest BCUT2D eigenvalue weighted by Crippen LogP contribution is -2.05. The molecule has 88 valence electrons. The summed E-state index contributed by atoms with van der Waals surface area (Å²) in [4.78, 5) is 15.3. The van der Waals surface area contributed by atoms with Crippen LogP contribution in [-0.4, -0.2) is 17.5 Å². The van der Waals surface area contributed by atoms with Gasteiger partial charge in [0.05, 0.1) is 12.1 Å². The summed E-state index contributed by atoms with van der Waals surface area (Å²) in [6, 6.07) is 7.38. The number of pyridine rings is 1. The van der Waals surface area contributed by atoms with E-state index in [2.05, 4.69) is 10.3 Å². The van der Waals surface area contributed by atoms with Gasteiger partial charge in [0.2, 0.25) is 5.91 Å². The zero-order valence-corrected chi connectivity index (χ0v) is 9.86. The Hall–Kier alpha value is -2.10. The number of ether oxygens (including phenoxy) is 1. The van der Waals surface area contributed by atoms with Crippen molar-refractivity contribution in [1.82, 2.24) is 4.98 Å². The average molecular weight is 230 g/mol. The first-order valence-corrected chi connectivity index (χ1v) is 5.50. The summed E-state index contributed by atoms with van der Waals surface area (Å²) < 4.78 is 5.53. The number of nitrogens with zero attached hydrogens (tertiary/aromatic N) is 1. The summed E-state index contributed by atoms with van der Waals surface area (Å²) in [5.74, 6) is 0.691. The molecule has 0 atom stereocenters. The summed E-state index contributed by atoms with van der Waals surface area (Å²) in [7, 11) is 0. The maximum absolute atomic E-state index is 11.0. The summed E-state index contributed by atoms with van der Waals surface area (Å²) >= 11 is 0. The number of carbonyl (C=O) groups is 1. The van der Waals surface area contributed by atoms with Crippen LogP contribution in [0.1, 0.15) is 13.8 Å². The van der Waals surface area contributed by atoms with Crippen LogP contribution in [0.5, 0.6) is 5.75 Å². The Bertz CT molecular complexity index is 552. The molecular formula is C13H14N2O2. The van der Waals surface area contributed by atoms with Crippen LogP contribution in [0, 0.1) is 0 Å². The van der Waals surface area contributed by atoms with E-state index in [0.29, 0.717) is 6.61 Å². The van der Waals surface area contributed by atoms with Crippen molar-refractivity contribution < 1.29 is 9.53 Å². The third-order valence-electron chi connectivity index (χ3n) is 2.32. The molecule has 1 N–H and O–H groups in total. The highest BCUT2D eigenvalue weighted by atomic mass is 16.5. The molecule has 1 aromatic heterocycles. The minimum atomic E-state index is -0.0915. The van der Waals surface area contributed by atoms with Crippen LogP contribution in [0.15, 0.2) is 30.5 Å². The molecule has 0 saturated heterocycles. The minimum Gasteiger partial charge on any atom is -0.493 e. The molecule has 1 amide bonds. The van der Waals surface area contributed by atoms with Gasteiger partial charge < -0.3 is 10.1 Å². The van der Waals surface area contributed by atoms with Gasteiger partial charge in [0.1, 0.15) is 5.75 Å². The zero-order chi connectivity index (χ0) is 12.3. The van der Waals surface area contributed by atoms with E-state index in [1.54, 1.807) is 6.20 Å². The maximum atomic E-state index is 11.0. The fourth-order valence-corrected chi connectivity index (χ4v) is 1.68. The lowest BCUT2D eigenvalue weighted by molar-refractivity contribution is -0.114. The molecule has 0 spiro atoms. The van der Waals surface area contributed by atoms with E-state index < -0.39 is 0 Å². The Morgan fingerprint density at radius 3 is 2.94 bits per heavy atom. The largest absolute Gasteiger partial charge is 0.493 e.